The average Bonchev–Trinajstić information content (AvgIpc) is 3.10. The SMILES string of the molecule is Fc1ccccc1C1c2cccn2CCN1C(=S)Nc1cccc(Cl)c1. The highest BCUT2D eigenvalue weighted by molar-refractivity contribution is 7.80. The number of aromatic nitrogens is 1. The van der Waals surface area contributed by atoms with Crippen LogP contribution in [0.15, 0.2) is 66.9 Å². The molecule has 1 unspecified atom stereocenters. The molecule has 0 radical (unpaired) electrons. The van der Waals surface area contributed by atoms with Gasteiger partial charge in [0.05, 0.1) is 6.04 Å². The van der Waals surface area contributed by atoms with Crippen molar-refractivity contribution in [3.63, 3.8) is 0 Å². The van der Waals surface area contributed by atoms with Crippen LogP contribution in [-0.4, -0.2) is 21.1 Å². The van der Waals surface area contributed by atoms with Crippen molar-refractivity contribution in [2.45, 2.75) is 12.6 Å². The predicted octanol–water partition coefficient (Wildman–Crippen LogP) is 5.08. The molecule has 2 heterocycles. The minimum absolute atomic E-state index is 0.234. The van der Waals surface area contributed by atoms with Crippen molar-refractivity contribution < 1.29 is 4.39 Å². The molecule has 0 spiro atoms. The maximum Gasteiger partial charge on any atom is 0.174 e. The molecule has 1 aromatic heterocycles. The lowest BCUT2D eigenvalue weighted by Crippen LogP contribution is -2.44. The molecule has 3 aromatic rings. The van der Waals surface area contributed by atoms with Gasteiger partial charge in [0.1, 0.15) is 5.82 Å². The van der Waals surface area contributed by atoms with Gasteiger partial charge in [-0.3, -0.25) is 0 Å². The van der Waals surface area contributed by atoms with Gasteiger partial charge in [0.2, 0.25) is 0 Å². The number of nitrogens with one attached hydrogen (secondary N) is 1. The molecule has 26 heavy (non-hydrogen) atoms. The number of fused-ring (bicyclic) bond motifs is 1. The number of benzene rings is 2. The first-order valence-corrected chi connectivity index (χ1v) is 9.15. The Labute approximate surface area is 162 Å². The first-order valence-electron chi connectivity index (χ1n) is 8.36. The molecule has 0 aliphatic carbocycles. The van der Waals surface area contributed by atoms with E-state index in [0.29, 0.717) is 22.2 Å². The molecule has 1 atom stereocenters. The molecular formula is C20H17ClFN3S. The van der Waals surface area contributed by atoms with E-state index in [-0.39, 0.29) is 11.9 Å². The fourth-order valence-electron chi connectivity index (χ4n) is 3.39. The van der Waals surface area contributed by atoms with Crippen LogP contribution >= 0.6 is 23.8 Å². The normalized spacial score (nSPS) is 16.2. The van der Waals surface area contributed by atoms with E-state index < -0.39 is 0 Å². The summed E-state index contributed by atoms with van der Waals surface area (Å²) < 4.78 is 16.7. The third-order valence-corrected chi connectivity index (χ3v) is 5.15. The third kappa shape index (κ3) is 3.20. The highest BCUT2D eigenvalue weighted by Gasteiger charge is 2.32. The summed E-state index contributed by atoms with van der Waals surface area (Å²) in [5, 5.41) is 4.42. The van der Waals surface area contributed by atoms with Gasteiger partial charge in [0.15, 0.2) is 5.11 Å². The van der Waals surface area contributed by atoms with E-state index >= 15 is 0 Å². The Bertz CT molecular complexity index is 955. The molecule has 0 saturated carbocycles. The highest BCUT2D eigenvalue weighted by Crippen LogP contribution is 2.34. The number of anilines is 1. The van der Waals surface area contributed by atoms with Crippen molar-refractivity contribution >= 4 is 34.6 Å². The third-order valence-electron chi connectivity index (χ3n) is 4.57. The van der Waals surface area contributed by atoms with Crippen molar-refractivity contribution in [2.24, 2.45) is 0 Å². The molecular weight excluding hydrogens is 369 g/mol. The minimum atomic E-state index is -0.279. The van der Waals surface area contributed by atoms with Gasteiger partial charge in [-0.05, 0) is 48.6 Å². The van der Waals surface area contributed by atoms with Crippen LogP contribution in [0.2, 0.25) is 5.02 Å². The van der Waals surface area contributed by atoms with Crippen LogP contribution in [0.25, 0.3) is 0 Å². The molecule has 0 amide bonds. The zero-order valence-electron chi connectivity index (χ0n) is 13.9. The summed E-state index contributed by atoms with van der Waals surface area (Å²) in [7, 11) is 0. The summed E-state index contributed by atoms with van der Waals surface area (Å²) in [4.78, 5) is 2.03. The standard InChI is InChI=1S/C20H17ClFN3S/c21-14-5-3-6-15(13-14)23-20(26)25-12-11-24-10-4-9-18(24)19(25)16-7-1-2-8-17(16)22/h1-10,13,19H,11-12H2,(H,23,26). The van der Waals surface area contributed by atoms with Crippen LogP contribution in [0.3, 0.4) is 0 Å². The van der Waals surface area contributed by atoms with E-state index in [1.807, 2.05) is 59.6 Å². The minimum Gasteiger partial charge on any atom is -0.348 e. The summed E-state index contributed by atoms with van der Waals surface area (Å²) in [5.41, 5.74) is 2.45. The van der Waals surface area contributed by atoms with E-state index in [2.05, 4.69) is 9.88 Å². The second-order valence-corrected chi connectivity index (χ2v) is 7.01. The lowest BCUT2D eigenvalue weighted by atomic mass is 10.00. The fourth-order valence-corrected chi connectivity index (χ4v) is 3.89. The van der Waals surface area contributed by atoms with Gasteiger partial charge in [-0.1, -0.05) is 35.9 Å². The second kappa shape index (κ2) is 7.09. The number of hydrogen-bond donors (Lipinski definition) is 1. The van der Waals surface area contributed by atoms with Crippen molar-refractivity contribution in [2.75, 3.05) is 11.9 Å². The number of thiocarbonyl (C=S) groups is 1. The Morgan fingerprint density at radius 3 is 2.73 bits per heavy atom. The molecule has 0 fully saturated rings. The molecule has 0 saturated heterocycles. The van der Waals surface area contributed by atoms with E-state index in [9.17, 15) is 4.39 Å². The van der Waals surface area contributed by atoms with Gasteiger partial charge in [0, 0.05) is 41.3 Å². The van der Waals surface area contributed by atoms with Crippen LogP contribution < -0.4 is 5.32 Å². The average molecular weight is 386 g/mol. The van der Waals surface area contributed by atoms with Gasteiger partial charge in [-0.2, -0.15) is 0 Å². The van der Waals surface area contributed by atoms with Gasteiger partial charge in [0.25, 0.3) is 0 Å². The highest BCUT2D eigenvalue weighted by atomic mass is 35.5. The number of nitrogens with zero attached hydrogens (tertiary/aromatic N) is 2. The van der Waals surface area contributed by atoms with Gasteiger partial charge >= 0.3 is 0 Å². The van der Waals surface area contributed by atoms with Gasteiger partial charge in [-0.15, -0.1) is 0 Å². The molecule has 1 N–H and O–H groups in total. The van der Waals surface area contributed by atoms with Crippen LogP contribution in [0, 0.1) is 5.82 Å². The number of hydrogen-bond acceptors (Lipinski definition) is 1. The maximum absolute atomic E-state index is 14.6. The summed E-state index contributed by atoms with van der Waals surface area (Å²) in [6.45, 7) is 1.48. The summed E-state index contributed by atoms with van der Waals surface area (Å²) in [6, 6.07) is 18.0. The molecule has 3 nitrogen and oxygen atoms in total. The molecule has 0 bridgehead atoms. The molecule has 6 heteroatoms. The molecule has 4 rings (SSSR count). The van der Waals surface area contributed by atoms with Crippen molar-refractivity contribution in [3.8, 4) is 0 Å². The monoisotopic (exact) mass is 385 g/mol. The fraction of sp³-hybridized carbons (Fsp3) is 0.150. The Morgan fingerprint density at radius 2 is 1.92 bits per heavy atom. The molecule has 1 aliphatic heterocycles. The quantitative estimate of drug-likeness (QED) is 0.621. The van der Waals surface area contributed by atoms with Crippen LogP contribution in [0.5, 0.6) is 0 Å². The first kappa shape index (κ1) is 17.1. The van der Waals surface area contributed by atoms with E-state index in [1.165, 1.54) is 6.07 Å². The van der Waals surface area contributed by atoms with Crippen LogP contribution in [-0.2, 0) is 6.54 Å². The molecule has 1 aliphatic rings. The Kier molecular flexibility index (Phi) is 4.66. The topological polar surface area (TPSA) is 20.2 Å². The van der Waals surface area contributed by atoms with E-state index in [4.69, 9.17) is 23.8 Å². The zero-order chi connectivity index (χ0) is 18.1. The first-order chi connectivity index (χ1) is 12.6. The maximum atomic E-state index is 14.6. The largest absolute Gasteiger partial charge is 0.348 e. The summed E-state index contributed by atoms with van der Waals surface area (Å²) in [6.07, 6.45) is 2.02. The summed E-state index contributed by atoms with van der Waals surface area (Å²) in [5.74, 6) is -0.234. The van der Waals surface area contributed by atoms with Crippen molar-refractivity contribution in [1.82, 2.24) is 9.47 Å². The predicted molar refractivity (Wildman–Crippen MR) is 107 cm³/mol. The zero-order valence-corrected chi connectivity index (χ0v) is 15.5. The Morgan fingerprint density at radius 1 is 1.08 bits per heavy atom. The van der Waals surface area contributed by atoms with E-state index in [0.717, 1.165) is 17.9 Å². The summed E-state index contributed by atoms with van der Waals surface area (Å²) >= 11 is 11.7. The van der Waals surface area contributed by atoms with Gasteiger partial charge < -0.3 is 14.8 Å². The van der Waals surface area contributed by atoms with Crippen LogP contribution in [0.4, 0.5) is 10.1 Å². The molecule has 132 valence electrons. The Hall–Kier alpha value is -2.37. The number of halogens is 2. The van der Waals surface area contributed by atoms with Crippen molar-refractivity contribution in [3.05, 3.63) is 89.0 Å². The van der Waals surface area contributed by atoms with Crippen molar-refractivity contribution in [1.29, 1.82) is 0 Å². The lowest BCUT2D eigenvalue weighted by Gasteiger charge is -2.39. The second-order valence-electron chi connectivity index (χ2n) is 6.18. The Balaban J connectivity index is 1.70. The van der Waals surface area contributed by atoms with E-state index in [1.54, 1.807) is 6.07 Å². The van der Waals surface area contributed by atoms with Gasteiger partial charge in [-0.25, -0.2) is 4.39 Å². The lowest BCUT2D eigenvalue weighted by molar-refractivity contribution is 0.288. The number of rotatable bonds is 2. The smallest absolute Gasteiger partial charge is 0.174 e. The van der Waals surface area contributed by atoms with Crippen LogP contribution in [0.1, 0.15) is 17.3 Å². The molecule has 2 aromatic carbocycles.